The number of aromatic nitrogens is 1. The van der Waals surface area contributed by atoms with Gasteiger partial charge in [-0.15, -0.1) is 0 Å². The van der Waals surface area contributed by atoms with Crippen molar-refractivity contribution in [1.82, 2.24) is 4.98 Å². The summed E-state index contributed by atoms with van der Waals surface area (Å²) in [5.74, 6) is 0.436. The van der Waals surface area contributed by atoms with Crippen molar-refractivity contribution in [2.75, 3.05) is 22.1 Å². The predicted molar refractivity (Wildman–Crippen MR) is 84.9 cm³/mol. The molecule has 0 atom stereocenters. The molecule has 1 saturated heterocycles. The third-order valence-electron chi connectivity index (χ3n) is 3.41. The molecule has 0 bridgehead atoms. The highest BCUT2D eigenvalue weighted by molar-refractivity contribution is 6.04. The van der Waals surface area contributed by atoms with Gasteiger partial charge < -0.3 is 10.2 Å². The number of carbonyl (C=O) groups excluding carboxylic acids is 2. The molecule has 22 heavy (non-hydrogen) atoms. The number of anilines is 3. The Morgan fingerprint density at radius 3 is 2.64 bits per heavy atom. The number of para-hydroxylation sites is 1. The molecule has 2 heterocycles. The first-order valence-corrected chi connectivity index (χ1v) is 7.12. The van der Waals surface area contributed by atoms with Gasteiger partial charge in [-0.3, -0.25) is 10.1 Å². The number of pyridine rings is 1. The quantitative estimate of drug-likeness (QED) is 0.914. The second-order valence-electron chi connectivity index (χ2n) is 4.97. The first kappa shape index (κ1) is 14.1. The summed E-state index contributed by atoms with van der Waals surface area (Å²) in [5, 5.41) is 5.43. The molecule has 2 N–H and O–H groups in total. The number of hydrogen-bond acceptors (Lipinski definition) is 3. The normalized spacial score (nSPS) is 14.0. The number of nitrogens with zero attached hydrogens (tertiary/aromatic N) is 2. The van der Waals surface area contributed by atoms with E-state index in [1.54, 1.807) is 35.4 Å². The van der Waals surface area contributed by atoms with Gasteiger partial charge >= 0.3 is 6.03 Å². The van der Waals surface area contributed by atoms with Crippen LogP contribution in [0.1, 0.15) is 12.8 Å². The molecule has 1 aliphatic heterocycles. The van der Waals surface area contributed by atoms with Gasteiger partial charge in [0, 0.05) is 24.8 Å². The lowest BCUT2D eigenvalue weighted by atomic mass is 10.3. The van der Waals surface area contributed by atoms with E-state index in [0.29, 0.717) is 30.2 Å². The number of urea groups is 1. The first-order valence-electron chi connectivity index (χ1n) is 7.12. The van der Waals surface area contributed by atoms with E-state index in [0.717, 1.165) is 6.42 Å². The molecule has 1 aliphatic rings. The van der Waals surface area contributed by atoms with Gasteiger partial charge in [0.05, 0.1) is 5.69 Å². The fourth-order valence-corrected chi connectivity index (χ4v) is 2.41. The van der Waals surface area contributed by atoms with Crippen LogP contribution in [0.3, 0.4) is 0 Å². The van der Waals surface area contributed by atoms with E-state index < -0.39 is 6.03 Å². The highest BCUT2D eigenvalue weighted by atomic mass is 16.2. The number of nitrogens with one attached hydrogen (secondary N) is 2. The molecule has 1 aromatic carbocycles. The molecule has 0 saturated carbocycles. The molecule has 0 unspecified atom stereocenters. The van der Waals surface area contributed by atoms with E-state index in [-0.39, 0.29) is 5.91 Å². The van der Waals surface area contributed by atoms with E-state index in [4.69, 9.17) is 0 Å². The molecular weight excluding hydrogens is 280 g/mol. The minimum Gasteiger partial charge on any atom is -0.309 e. The van der Waals surface area contributed by atoms with Crippen molar-refractivity contribution >= 4 is 29.1 Å². The molecule has 6 heteroatoms. The van der Waals surface area contributed by atoms with E-state index in [1.807, 2.05) is 18.2 Å². The van der Waals surface area contributed by atoms with Gasteiger partial charge in [-0.1, -0.05) is 18.2 Å². The average Bonchev–Trinajstić information content (AvgIpc) is 2.95. The molecular formula is C16H16N4O2. The standard InChI is InChI=1S/C16H16N4O2/c21-14-9-5-11-20(14)13-8-4-10-17-15(13)19-16(22)18-12-6-2-1-3-7-12/h1-4,6-8,10H,5,9,11H2,(H2,17,18,19,22). The summed E-state index contributed by atoms with van der Waals surface area (Å²) in [6, 6.07) is 12.3. The van der Waals surface area contributed by atoms with Crippen LogP contribution in [-0.2, 0) is 4.79 Å². The van der Waals surface area contributed by atoms with Crippen LogP contribution in [0.5, 0.6) is 0 Å². The Morgan fingerprint density at radius 1 is 1.09 bits per heavy atom. The monoisotopic (exact) mass is 296 g/mol. The third-order valence-corrected chi connectivity index (χ3v) is 3.41. The maximum absolute atomic E-state index is 12.1. The predicted octanol–water partition coefficient (Wildman–Crippen LogP) is 2.85. The van der Waals surface area contributed by atoms with Crippen LogP contribution >= 0.6 is 0 Å². The Bertz CT molecular complexity index is 688. The average molecular weight is 296 g/mol. The fraction of sp³-hybridized carbons (Fsp3) is 0.188. The number of carbonyl (C=O) groups is 2. The smallest absolute Gasteiger partial charge is 0.309 e. The van der Waals surface area contributed by atoms with Crippen LogP contribution < -0.4 is 15.5 Å². The molecule has 0 aliphatic carbocycles. The van der Waals surface area contributed by atoms with Gasteiger partial charge in [-0.25, -0.2) is 9.78 Å². The lowest BCUT2D eigenvalue weighted by Gasteiger charge is -2.19. The minimum absolute atomic E-state index is 0.0551. The van der Waals surface area contributed by atoms with Crippen molar-refractivity contribution in [1.29, 1.82) is 0 Å². The van der Waals surface area contributed by atoms with Crippen LogP contribution in [0.4, 0.5) is 22.0 Å². The minimum atomic E-state index is -0.391. The van der Waals surface area contributed by atoms with Gasteiger partial charge in [0.25, 0.3) is 0 Å². The van der Waals surface area contributed by atoms with Crippen LogP contribution in [-0.4, -0.2) is 23.5 Å². The topological polar surface area (TPSA) is 74.3 Å². The second kappa shape index (κ2) is 6.26. The van der Waals surface area contributed by atoms with E-state index in [9.17, 15) is 9.59 Å². The lowest BCUT2D eigenvalue weighted by Crippen LogP contribution is -2.27. The zero-order valence-electron chi connectivity index (χ0n) is 12.0. The van der Waals surface area contributed by atoms with Crippen molar-refractivity contribution in [3.05, 3.63) is 48.7 Å². The molecule has 3 rings (SSSR count). The fourth-order valence-electron chi connectivity index (χ4n) is 2.41. The largest absolute Gasteiger partial charge is 0.324 e. The first-order chi connectivity index (χ1) is 10.7. The summed E-state index contributed by atoms with van der Waals surface area (Å²) in [5.41, 5.74) is 1.32. The highest BCUT2D eigenvalue weighted by Crippen LogP contribution is 2.27. The summed E-state index contributed by atoms with van der Waals surface area (Å²) in [7, 11) is 0. The number of hydrogen-bond donors (Lipinski definition) is 2. The number of benzene rings is 1. The van der Waals surface area contributed by atoms with E-state index in [1.165, 1.54) is 0 Å². The maximum Gasteiger partial charge on any atom is 0.324 e. The number of amides is 3. The Hall–Kier alpha value is -2.89. The van der Waals surface area contributed by atoms with Gasteiger partial charge in [-0.05, 0) is 30.7 Å². The Kier molecular flexibility index (Phi) is 4.00. The lowest BCUT2D eigenvalue weighted by molar-refractivity contribution is -0.117. The molecule has 6 nitrogen and oxygen atoms in total. The zero-order valence-corrected chi connectivity index (χ0v) is 12.0. The SMILES string of the molecule is O=C(Nc1ccccc1)Nc1ncccc1N1CCCC1=O. The van der Waals surface area contributed by atoms with Crippen LogP contribution in [0.25, 0.3) is 0 Å². The zero-order chi connectivity index (χ0) is 15.4. The summed E-state index contributed by atoms with van der Waals surface area (Å²) in [6.45, 7) is 0.652. The van der Waals surface area contributed by atoms with Crippen molar-refractivity contribution in [3.63, 3.8) is 0 Å². The van der Waals surface area contributed by atoms with Gasteiger partial charge in [0.2, 0.25) is 5.91 Å². The summed E-state index contributed by atoms with van der Waals surface area (Å²) in [4.78, 5) is 29.8. The molecule has 1 fully saturated rings. The highest BCUT2D eigenvalue weighted by Gasteiger charge is 2.24. The molecule has 112 valence electrons. The Balaban J connectivity index is 1.75. The van der Waals surface area contributed by atoms with Gasteiger partial charge in [-0.2, -0.15) is 0 Å². The van der Waals surface area contributed by atoms with Gasteiger partial charge in [0.15, 0.2) is 5.82 Å². The van der Waals surface area contributed by atoms with Crippen LogP contribution in [0, 0.1) is 0 Å². The van der Waals surface area contributed by atoms with Crippen LogP contribution in [0.2, 0.25) is 0 Å². The molecule has 0 radical (unpaired) electrons. The van der Waals surface area contributed by atoms with Crippen LogP contribution in [0.15, 0.2) is 48.7 Å². The van der Waals surface area contributed by atoms with E-state index >= 15 is 0 Å². The Morgan fingerprint density at radius 2 is 1.91 bits per heavy atom. The molecule has 3 amide bonds. The summed E-state index contributed by atoms with van der Waals surface area (Å²) >= 11 is 0. The number of rotatable bonds is 3. The Labute approximate surface area is 128 Å². The van der Waals surface area contributed by atoms with Crippen molar-refractivity contribution < 1.29 is 9.59 Å². The van der Waals surface area contributed by atoms with E-state index in [2.05, 4.69) is 15.6 Å². The van der Waals surface area contributed by atoms with Crippen molar-refractivity contribution in [2.45, 2.75) is 12.8 Å². The van der Waals surface area contributed by atoms with Crippen molar-refractivity contribution in [2.24, 2.45) is 0 Å². The molecule has 0 spiro atoms. The maximum atomic E-state index is 12.1. The van der Waals surface area contributed by atoms with Gasteiger partial charge in [0.1, 0.15) is 0 Å². The molecule has 2 aromatic rings. The molecule has 1 aromatic heterocycles. The third kappa shape index (κ3) is 3.06. The van der Waals surface area contributed by atoms with Crippen molar-refractivity contribution in [3.8, 4) is 0 Å². The summed E-state index contributed by atoms with van der Waals surface area (Å²) < 4.78 is 0. The second-order valence-corrected chi connectivity index (χ2v) is 4.97. The summed E-state index contributed by atoms with van der Waals surface area (Å²) in [6.07, 6.45) is 2.94.